The van der Waals surface area contributed by atoms with Crippen LogP contribution in [0.1, 0.15) is 5.56 Å². The van der Waals surface area contributed by atoms with Crippen LogP contribution in [-0.4, -0.2) is 48.4 Å². The maximum atomic E-state index is 12.2. The molecule has 4 aromatic rings. The van der Waals surface area contributed by atoms with E-state index in [0.717, 1.165) is 10.8 Å². The third kappa shape index (κ3) is 4.75. The Labute approximate surface area is 210 Å². The number of aliphatic carboxylic acids is 1. The molecule has 1 fully saturated rings. The molecular formula is C26H22ClN3O6. The van der Waals surface area contributed by atoms with Crippen molar-refractivity contribution in [1.82, 2.24) is 4.98 Å². The first kappa shape index (κ1) is 23.8. The van der Waals surface area contributed by atoms with Gasteiger partial charge in [-0.3, -0.25) is 9.59 Å². The second-order valence-electron chi connectivity index (χ2n) is 8.44. The van der Waals surface area contributed by atoms with Gasteiger partial charge in [0.15, 0.2) is 0 Å². The molecule has 3 aromatic carbocycles. The molecule has 0 amide bonds. The Morgan fingerprint density at radius 1 is 1.11 bits per heavy atom. The largest absolute Gasteiger partial charge is 0.480 e. The normalized spacial score (nSPS) is 14.6. The average Bonchev–Trinajstić information content (AvgIpc) is 2.89. The van der Waals surface area contributed by atoms with E-state index in [4.69, 9.17) is 21.1 Å². The molecule has 184 valence electrons. The van der Waals surface area contributed by atoms with Crippen LogP contribution in [0.15, 0.2) is 64.2 Å². The number of fused-ring (bicyclic) bond motifs is 1. The summed E-state index contributed by atoms with van der Waals surface area (Å²) in [6.45, 7) is 1.82. The Hall–Kier alpha value is -3.95. The van der Waals surface area contributed by atoms with Gasteiger partial charge in [0.05, 0.1) is 13.2 Å². The van der Waals surface area contributed by atoms with E-state index in [-0.39, 0.29) is 17.8 Å². The van der Waals surface area contributed by atoms with E-state index in [9.17, 15) is 19.5 Å². The molecule has 5 rings (SSSR count). The fourth-order valence-corrected chi connectivity index (χ4v) is 4.43. The highest BCUT2D eigenvalue weighted by Gasteiger charge is 2.30. The first-order chi connectivity index (χ1) is 17.4. The molecule has 0 bridgehead atoms. The average molecular weight is 508 g/mol. The number of anilines is 2. The molecule has 10 heteroatoms. The molecular weight excluding hydrogens is 486 g/mol. The molecule has 1 aliphatic heterocycles. The lowest BCUT2D eigenvalue weighted by Gasteiger charge is -2.31. The van der Waals surface area contributed by atoms with Crippen molar-refractivity contribution in [2.75, 3.05) is 36.5 Å². The molecule has 1 unspecified atom stereocenters. The number of carboxylic acids is 1. The molecule has 36 heavy (non-hydrogen) atoms. The standard InChI is InChI=1S/C26H22ClN3O6/c27-20-14-16-3-1-2-4-18(16)25(29-20)36-17-7-5-15(6-8-17)13-19(26(33)34)28-21-22(24(32)23(21)31)30-9-11-35-12-10-30/h1-8,14,19,28H,9-13H2,(H,33,34). The number of hydrogen-bond donors (Lipinski definition) is 2. The van der Waals surface area contributed by atoms with Gasteiger partial charge < -0.3 is 24.8 Å². The van der Waals surface area contributed by atoms with Crippen LogP contribution < -0.4 is 25.8 Å². The molecule has 1 atom stereocenters. The number of carboxylic acid groups (broad SMARTS) is 1. The number of carbonyl (C=O) groups is 1. The smallest absolute Gasteiger partial charge is 0.326 e. The minimum atomic E-state index is -1.13. The van der Waals surface area contributed by atoms with E-state index in [1.54, 1.807) is 35.2 Å². The molecule has 1 aliphatic rings. The topological polar surface area (TPSA) is 118 Å². The monoisotopic (exact) mass is 507 g/mol. The summed E-state index contributed by atoms with van der Waals surface area (Å²) >= 11 is 6.13. The minimum Gasteiger partial charge on any atom is -0.480 e. The van der Waals surface area contributed by atoms with Gasteiger partial charge in [-0.05, 0) is 35.2 Å². The van der Waals surface area contributed by atoms with Crippen LogP contribution in [0.2, 0.25) is 5.15 Å². The number of ether oxygens (including phenoxy) is 2. The van der Waals surface area contributed by atoms with Crippen LogP contribution in [0.25, 0.3) is 10.8 Å². The molecule has 1 aromatic heterocycles. The van der Waals surface area contributed by atoms with Gasteiger partial charge in [0.2, 0.25) is 5.88 Å². The summed E-state index contributed by atoms with van der Waals surface area (Å²) in [5.41, 5.74) is -0.314. The Morgan fingerprint density at radius 2 is 1.83 bits per heavy atom. The van der Waals surface area contributed by atoms with Crippen molar-refractivity contribution < 1.29 is 19.4 Å². The summed E-state index contributed by atoms with van der Waals surface area (Å²) < 4.78 is 11.2. The summed E-state index contributed by atoms with van der Waals surface area (Å²) in [6, 6.07) is 15.1. The maximum absolute atomic E-state index is 12.2. The lowest BCUT2D eigenvalue weighted by molar-refractivity contribution is -0.137. The number of morpholine rings is 1. The van der Waals surface area contributed by atoms with E-state index in [1.165, 1.54) is 0 Å². The van der Waals surface area contributed by atoms with Crippen LogP contribution in [0.3, 0.4) is 0 Å². The number of halogens is 1. The summed E-state index contributed by atoms with van der Waals surface area (Å²) in [5.74, 6) is -0.256. The van der Waals surface area contributed by atoms with Crippen molar-refractivity contribution in [3.63, 3.8) is 0 Å². The Kier molecular flexibility index (Phi) is 6.58. The fraction of sp³-hybridized carbons (Fsp3) is 0.231. The number of rotatable bonds is 8. The van der Waals surface area contributed by atoms with Gasteiger partial charge in [-0.15, -0.1) is 0 Å². The second-order valence-corrected chi connectivity index (χ2v) is 8.83. The first-order valence-electron chi connectivity index (χ1n) is 11.4. The lowest BCUT2D eigenvalue weighted by atomic mass is 10.0. The van der Waals surface area contributed by atoms with Gasteiger partial charge in [0.25, 0.3) is 10.9 Å². The summed E-state index contributed by atoms with van der Waals surface area (Å²) in [7, 11) is 0. The van der Waals surface area contributed by atoms with Crippen LogP contribution in [-0.2, 0) is 16.0 Å². The van der Waals surface area contributed by atoms with Crippen molar-refractivity contribution in [3.05, 3.63) is 85.8 Å². The van der Waals surface area contributed by atoms with E-state index in [1.807, 2.05) is 24.3 Å². The van der Waals surface area contributed by atoms with Crippen LogP contribution >= 0.6 is 11.6 Å². The summed E-state index contributed by atoms with van der Waals surface area (Å²) in [5, 5.41) is 14.6. The zero-order valence-corrected chi connectivity index (χ0v) is 19.8. The molecule has 2 N–H and O–H groups in total. The van der Waals surface area contributed by atoms with E-state index in [2.05, 4.69) is 10.3 Å². The van der Waals surface area contributed by atoms with E-state index < -0.39 is 22.9 Å². The second kappa shape index (κ2) is 9.96. The van der Waals surface area contributed by atoms with Crippen molar-refractivity contribution in [1.29, 1.82) is 0 Å². The number of benzene rings is 2. The van der Waals surface area contributed by atoms with E-state index in [0.29, 0.717) is 48.6 Å². The quantitative estimate of drug-likeness (QED) is 0.274. The summed E-state index contributed by atoms with van der Waals surface area (Å²) in [6.07, 6.45) is 0.0926. The minimum absolute atomic E-state index is 0.0492. The predicted octanol–water partition coefficient (Wildman–Crippen LogP) is 3.22. The van der Waals surface area contributed by atoms with Gasteiger partial charge in [0, 0.05) is 24.9 Å². The van der Waals surface area contributed by atoms with Crippen molar-refractivity contribution >= 4 is 39.7 Å². The Balaban J connectivity index is 1.31. The van der Waals surface area contributed by atoms with Crippen molar-refractivity contribution in [2.24, 2.45) is 0 Å². The number of pyridine rings is 1. The van der Waals surface area contributed by atoms with Gasteiger partial charge >= 0.3 is 5.97 Å². The van der Waals surface area contributed by atoms with Crippen molar-refractivity contribution in [2.45, 2.75) is 12.5 Å². The van der Waals surface area contributed by atoms with Crippen LogP contribution in [0.5, 0.6) is 11.6 Å². The number of hydrogen-bond acceptors (Lipinski definition) is 8. The highest BCUT2D eigenvalue weighted by Crippen LogP contribution is 2.30. The van der Waals surface area contributed by atoms with Crippen LogP contribution in [0, 0.1) is 0 Å². The number of nitrogens with zero attached hydrogens (tertiary/aromatic N) is 2. The summed E-state index contributed by atoms with van der Waals surface area (Å²) in [4.78, 5) is 42.4. The first-order valence-corrected chi connectivity index (χ1v) is 11.8. The highest BCUT2D eigenvalue weighted by atomic mass is 35.5. The van der Waals surface area contributed by atoms with Gasteiger partial charge in [-0.25, -0.2) is 9.78 Å². The SMILES string of the molecule is O=C(O)C(Cc1ccc(Oc2nc(Cl)cc3ccccc23)cc1)Nc1c(N2CCOCC2)c(=O)c1=O. The van der Waals surface area contributed by atoms with Gasteiger partial charge in [-0.1, -0.05) is 41.9 Å². The Bertz CT molecular complexity index is 1490. The fourth-order valence-electron chi connectivity index (χ4n) is 4.23. The predicted molar refractivity (Wildman–Crippen MR) is 136 cm³/mol. The third-order valence-corrected chi connectivity index (χ3v) is 6.27. The van der Waals surface area contributed by atoms with Crippen molar-refractivity contribution in [3.8, 4) is 11.6 Å². The van der Waals surface area contributed by atoms with E-state index >= 15 is 0 Å². The molecule has 9 nitrogen and oxygen atoms in total. The third-order valence-electron chi connectivity index (χ3n) is 6.08. The molecule has 0 radical (unpaired) electrons. The van der Waals surface area contributed by atoms with Crippen LogP contribution in [0.4, 0.5) is 11.4 Å². The molecule has 0 saturated carbocycles. The lowest BCUT2D eigenvalue weighted by Crippen LogP contribution is -2.48. The Morgan fingerprint density at radius 3 is 2.56 bits per heavy atom. The zero-order chi connectivity index (χ0) is 25.2. The van der Waals surface area contributed by atoms with Gasteiger partial charge in [-0.2, -0.15) is 0 Å². The maximum Gasteiger partial charge on any atom is 0.326 e. The molecule has 1 saturated heterocycles. The number of aromatic nitrogens is 1. The number of nitrogens with one attached hydrogen (secondary N) is 1. The zero-order valence-electron chi connectivity index (χ0n) is 19.1. The van der Waals surface area contributed by atoms with Gasteiger partial charge in [0.1, 0.15) is 28.3 Å². The molecule has 2 heterocycles. The molecule has 0 spiro atoms. The molecule has 0 aliphatic carbocycles. The highest BCUT2D eigenvalue weighted by molar-refractivity contribution is 6.30.